The van der Waals surface area contributed by atoms with E-state index < -0.39 is 18.4 Å². The zero-order chi connectivity index (χ0) is 19.0. The lowest BCUT2D eigenvalue weighted by atomic mass is 9.85. The summed E-state index contributed by atoms with van der Waals surface area (Å²) in [5, 5.41) is 18.7. The lowest BCUT2D eigenvalue weighted by Crippen LogP contribution is -2.58. The molecule has 0 amide bonds. The molecule has 1 fully saturated rings. The first-order chi connectivity index (χ1) is 11.8. The number of nitrogens with zero attached hydrogens (tertiary/aromatic N) is 1. The molecule has 9 heteroatoms. The van der Waals surface area contributed by atoms with Gasteiger partial charge in [-0.2, -0.15) is 13.2 Å². The molecule has 0 saturated carbocycles. The second-order valence-corrected chi connectivity index (χ2v) is 6.77. The van der Waals surface area contributed by atoms with E-state index in [9.17, 15) is 18.3 Å². The van der Waals surface area contributed by atoms with Gasteiger partial charge in [-0.3, -0.25) is 10.2 Å². The highest BCUT2D eigenvalue weighted by atomic mass is 19.4. The van der Waals surface area contributed by atoms with Crippen molar-refractivity contribution in [3.8, 4) is 0 Å². The van der Waals surface area contributed by atoms with Crippen molar-refractivity contribution in [2.75, 3.05) is 54.5 Å². The number of likely N-dealkylation sites (tertiary alicyclic amines) is 1. The average Bonchev–Trinajstić information content (AvgIpc) is 2.55. The third-order valence-electron chi connectivity index (χ3n) is 5.03. The van der Waals surface area contributed by atoms with Crippen LogP contribution in [0.2, 0.25) is 0 Å². The molecule has 4 N–H and O–H groups in total. The third-order valence-corrected chi connectivity index (χ3v) is 5.03. The van der Waals surface area contributed by atoms with Gasteiger partial charge in [0.1, 0.15) is 12.3 Å². The van der Waals surface area contributed by atoms with Gasteiger partial charge in [0.15, 0.2) is 0 Å². The molecule has 0 bridgehead atoms. The standard InChI is InChI=1S/C16H33F3N4O2/c1-20-7-12(15(24)22-3)10-25-9-11-5-6-14(16(17,18)19)23(4)13(11)8-21-2/h11-15,20-22,24H,5-10H2,1-4H3. The summed E-state index contributed by atoms with van der Waals surface area (Å²) in [6.45, 7) is 1.80. The Morgan fingerprint density at radius 3 is 2.40 bits per heavy atom. The van der Waals surface area contributed by atoms with Gasteiger partial charge in [-0.05, 0) is 47.0 Å². The number of aliphatic hydroxyl groups excluding tert-OH is 1. The minimum Gasteiger partial charge on any atom is -0.381 e. The Kier molecular flexibility index (Phi) is 9.61. The first kappa shape index (κ1) is 22.6. The molecular weight excluding hydrogens is 337 g/mol. The van der Waals surface area contributed by atoms with Crippen LogP contribution in [-0.2, 0) is 4.74 Å². The largest absolute Gasteiger partial charge is 0.404 e. The van der Waals surface area contributed by atoms with Gasteiger partial charge in [0.25, 0.3) is 0 Å². The SMILES string of the molecule is CNCC(COCC1CCC(C(F)(F)F)N(C)C1CNC)C(O)NC. The lowest BCUT2D eigenvalue weighted by molar-refractivity contribution is -0.201. The van der Waals surface area contributed by atoms with Crippen molar-refractivity contribution in [1.29, 1.82) is 0 Å². The molecule has 5 atom stereocenters. The van der Waals surface area contributed by atoms with Crippen LogP contribution >= 0.6 is 0 Å². The van der Waals surface area contributed by atoms with Gasteiger partial charge >= 0.3 is 6.18 Å². The maximum atomic E-state index is 13.2. The molecule has 0 aromatic carbocycles. The number of ether oxygens (including phenoxy) is 1. The fourth-order valence-electron chi connectivity index (χ4n) is 3.57. The van der Waals surface area contributed by atoms with E-state index in [4.69, 9.17) is 4.74 Å². The smallest absolute Gasteiger partial charge is 0.381 e. The van der Waals surface area contributed by atoms with Crippen molar-refractivity contribution in [3.63, 3.8) is 0 Å². The van der Waals surface area contributed by atoms with Crippen LogP contribution in [0, 0.1) is 11.8 Å². The van der Waals surface area contributed by atoms with E-state index in [1.165, 1.54) is 4.90 Å². The number of alkyl halides is 3. The molecule has 1 aliphatic heterocycles. The van der Waals surface area contributed by atoms with E-state index in [0.717, 1.165) is 0 Å². The van der Waals surface area contributed by atoms with E-state index in [-0.39, 0.29) is 24.3 Å². The molecule has 150 valence electrons. The topological polar surface area (TPSA) is 68.8 Å². The molecule has 25 heavy (non-hydrogen) atoms. The number of nitrogens with one attached hydrogen (secondary N) is 3. The molecule has 0 aromatic heterocycles. The second-order valence-electron chi connectivity index (χ2n) is 6.77. The Morgan fingerprint density at radius 1 is 1.20 bits per heavy atom. The van der Waals surface area contributed by atoms with Crippen molar-refractivity contribution in [1.82, 2.24) is 20.9 Å². The summed E-state index contributed by atoms with van der Waals surface area (Å²) in [5.41, 5.74) is 0. The molecule has 1 rings (SSSR count). The fourth-order valence-corrected chi connectivity index (χ4v) is 3.57. The van der Waals surface area contributed by atoms with Crippen LogP contribution in [0.1, 0.15) is 12.8 Å². The Labute approximate surface area is 148 Å². The van der Waals surface area contributed by atoms with E-state index >= 15 is 0 Å². The molecule has 5 unspecified atom stereocenters. The predicted octanol–water partition coefficient (Wildman–Crippen LogP) is 0.237. The number of piperidine rings is 1. The molecule has 0 aliphatic carbocycles. The number of hydrogen-bond acceptors (Lipinski definition) is 6. The van der Waals surface area contributed by atoms with Gasteiger partial charge in [0, 0.05) is 25.0 Å². The lowest BCUT2D eigenvalue weighted by Gasteiger charge is -2.45. The summed E-state index contributed by atoms with van der Waals surface area (Å²) in [4.78, 5) is 1.43. The summed E-state index contributed by atoms with van der Waals surface area (Å²) < 4.78 is 45.3. The fraction of sp³-hybridized carbons (Fsp3) is 1.00. The molecule has 6 nitrogen and oxygen atoms in total. The van der Waals surface area contributed by atoms with Gasteiger partial charge in [-0.1, -0.05) is 0 Å². The Balaban J connectivity index is 2.61. The highest BCUT2D eigenvalue weighted by Crippen LogP contribution is 2.36. The first-order valence-corrected chi connectivity index (χ1v) is 8.77. The Hall–Kier alpha value is -0.450. The van der Waals surface area contributed by atoms with Gasteiger partial charge in [0.2, 0.25) is 0 Å². The van der Waals surface area contributed by atoms with Crippen LogP contribution in [-0.4, -0.2) is 89.0 Å². The summed E-state index contributed by atoms with van der Waals surface area (Å²) >= 11 is 0. The molecule has 1 saturated heterocycles. The molecule has 0 aromatic rings. The van der Waals surface area contributed by atoms with Crippen LogP contribution < -0.4 is 16.0 Å². The molecular formula is C16H33F3N4O2. The quantitative estimate of drug-likeness (QED) is 0.413. The van der Waals surface area contributed by atoms with Crippen LogP contribution in [0.3, 0.4) is 0 Å². The van der Waals surface area contributed by atoms with Crippen molar-refractivity contribution in [3.05, 3.63) is 0 Å². The molecule has 1 aliphatic rings. The summed E-state index contributed by atoms with van der Waals surface area (Å²) in [7, 11) is 6.76. The summed E-state index contributed by atoms with van der Waals surface area (Å²) in [6.07, 6.45) is -4.33. The van der Waals surface area contributed by atoms with E-state index in [2.05, 4.69) is 16.0 Å². The normalized spacial score (nSPS) is 28.1. The first-order valence-electron chi connectivity index (χ1n) is 8.77. The predicted molar refractivity (Wildman–Crippen MR) is 91.3 cm³/mol. The average molecular weight is 370 g/mol. The number of hydrogen-bond donors (Lipinski definition) is 4. The van der Waals surface area contributed by atoms with Crippen molar-refractivity contribution < 1.29 is 23.0 Å². The van der Waals surface area contributed by atoms with E-state index in [0.29, 0.717) is 32.7 Å². The zero-order valence-corrected chi connectivity index (χ0v) is 15.6. The minimum absolute atomic E-state index is 0.0259. The van der Waals surface area contributed by atoms with Crippen molar-refractivity contribution >= 4 is 0 Å². The van der Waals surface area contributed by atoms with Gasteiger partial charge in [-0.25, -0.2) is 0 Å². The number of likely N-dealkylation sites (N-methyl/N-ethyl adjacent to an activating group) is 2. The summed E-state index contributed by atoms with van der Waals surface area (Å²) in [5.74, 6) is -0.0972. The van der Waals surface area contributed by atoms with E-state index in [1.807, 2.05) is 0 Å². The van der Waals surface area contributed by atoms with Crippen molar-refractivity contribution in [2.24, 2.45) is 11.8 Å². The van der Waals surface area contributed by atoms with Gasteiger partial charge in [-0.15, -0.1) is 0 Å². The number of rotatable bonds is 10. The Morgan fingerprint density at radius 2 is 1.88 bits per heavy atom. The maximum Gasteiger partial charge on any atom is 0.404 e. The van der Waals surface area contributed by atoms with Crippen LogP contribution in [0.5, 0.6) is 0 Å². The van der Waals surface area contributed by atoms with Crippen LogP contribution in [0.4, 0.5) is 13.2 Å². The third kappa shape index (κ3) is 6.65. The maximum absolute atomic E-state index is 13.2. The van der Waals surface area contributed by atoms with E-state index in [1.54, 1.807) is 28.2 Å². The van der Waals surface area contributed by atoms with Crippen LogP contribution in [0.15, 0.2) is 0 Å². The van der Waals surface area contributed by atoms with Crippen LogP contribution in [0.25, 0.3) is 0 Å². The highest BCUT2D eigenvalue weighted by molar-refractivity contribution is 4.92. The summed E-state index contributed by atoms with van der Waals surface area (Å²) in [6, 6.07) is -1.63. The number of halogens is 3. The minimum atomic E-state index is -4.21. The monoisotopic (exact) mass is 370 g/mol. The molecule has 0 radical (unpaired) electrons. The zero-order valence-electron chi connectivity index (χ0n) is 15.6. The molecule has 1 heterocycles. The number of aliphatic hydroxyl groups is 1. The second kappa shape index (κ2) is 10.6. The molecule has 0 spiro atoms. The Bertz CT molecular complexity index is 374. The van der Waals surface area contributed by atoms with Crippen molar-refractivity contribution in [2.45, 2.75) is 37.3 Å². The highest BCUT2D eigenvalue weighted by Gasteiger charge is 2.48. The van der Waals surface area contributed by atoms with Gasteiger partial charge in [0.05, 0.1) is 13.2 Å². The van der Waals surface area contributed by atoms with Gasteiger partial charge < -0.3 is 20.5 Å².